The Morgan fingerprint density at radius 2 is 1.88 bits per heavy atom. The van der Waals surface area contributed by atoms with E-state index in [1.54, 1.807) is 36.5 Å². The summed E-state index contributed by atoms with van der Waals surface area (Å²) in [5.41, 5.74) is -1.06. The first-order chi connectivity index (χ1) is 15.8. The normalized spacial score (nSPS) is 14.2. The van der Waals surface area contributed by atoms with Crippen molar-refractivity contribution in [3.63, 3.8) is 0 Å². The summed E-state index contributed by atoms with van der Waals surface area (Å²) in [6, 6.07) is 11.9. The third kappa shape index (κ3) is 5.51. The molecule has 2 aromatic carbocycles. The Morgan fingerprint density at radius 3 is 2.48 bits per heavy atom. The van der Waals surface area contributed by atoms with Crippen molar-refractivity contribution in [3.05, 3.63) is 77.0 Å². The molecule has 170 valence electrons. The van der Waals surface area contributed by atoms with Gasteiger partial charge >= 0.3 is 0 Å². The maximum atomic E-state index is 13.9. The zero-order chi connectivity index (χ0) is 23.4. The van der Waals surface area contributed by atoms with E-state index < -0.39 is 22.9 Å². The number of carbonyl (C=O) groups excluding carboxylic acids is 1. The third-order valence-electron chi connectivity index (χ3n) is 4.97. The van der Waals surface area contributed by atoms with Gasteiger partial charge in [-0.15, -0.1) is 0 Å². The molecule has 1 N–H and O–H groups in total. The summed E-state index contributed by atoms with van der Waals surface area (Å²) in [7, 11) is 0. The van der Waals surface area contributed by atoms with E-state index >= 15 is 0 Å². The van der Waals surface area contributed by atoms with Crippen LogP contribution in [0.25, 0.3) is 0 Å². The Bertz CT molecular complexity index is 1180. The van der Waals surface area contributed by atoms with E-state index in [4.69, 9.17) is 14.7 Å². The van der Waals surface area contributed by atoms with Crippen molar-refractivity contribution in [1.29, 1.82) is 5.26 Å². The number of hydrogen-bond acceptors (Lipinski definition) is 5. The highest BCUT2D eigenvalue weighted by molar-refractivity contribution is 5.91. The van der Waals surface area contributed by atoms with Gasteiger partial charge in [0, 0.05) is 12.3 Å². The lowest BCUT2D eigenvalue weighted by molar-refractivity contribution is -0.146. The number of nitriles is 1. The molecule has 0 aliphatic carbocycles. The fourth-order valence-electron chi connectivity index (χ4n) is 3.22. The minimum atomic E-state index is -1.44. The molecule has 0 unspecified atom stereocenters. The molecule has 4 rings (SSSR count). The van der Waals surface area contributed by atoms with Crippen molar-refractivity contribution in [2.24, 2.45) is 0 Å². The van der Waals surface area contributed by atoms with E-state index in [-0.39, 0.29) is 50.1 Å². The molecule has 0 bridgehead atoms. The maximum Gasteiger partial charge on any atom is 0.229 e. The second-order valence-corrected chi connectivity index (χ2v) is 7.75. The smallest absolute Gasteiger partial charge is 0.229 e. The lowest BCUT2D eigenvalue weighted by Gasteiger charge is -2.33. The summed E-state index contributed by atoms with van der Waals surface area (Å²) in [4.78, 5) is 12.3. The number of rotatable bonds is 8. The Hall–Kier alpha value is -3.84. The zero-order valence-corrected chi connectivity index (χ0v) is 17.4. The number of hydrogen-bond donors (Lipinski definition) is 1. The van der Waals surface area contributed by atoms with Crippen molar-refractivity contribution < 1.29 is 27.4 Å². The van der Waals surface area contributed by atoms with E-state index in [9.17, 15) is 18.0 Å². The number of halogens is 3. The number of amides is 1. The van der Waals surface area contributed by atoms with Gasteiger partial charge in [0.25, 0.3) is 0 Å². The van der Waals surface area contributed by atoms with Gasteiger partial charge in [-0.25, -0.2) is 13.2 Å². The first-order valence-electron chi connectivity index (χ1n) is 10.0. The molecule has 1 fully saturated rings. The molecule has 1 aliphatic rings. The van der Waals surface area contributed by atoms with Gasteiger partial charge in [0.15, 0.2) is 11.5 Å². The van der Waals surface area contributed by atoms with Crippen LogP contribution < -0.4 is 10.1 Å². The van der Waals surface area contributed by atoms with Crippen LogP contribution in [0, 0.1) is 23.0 Å². The minimum Gasteiger partial charge on any atom is -0.490 e. The Morgan fingerprint density at radius 1 is 1.18 bits per heavy atom. The lowest BCUT2D eigenvalue weighted by atomic mass is 10.1. The lowest BCUT2D eigenvalue weighted by Crippen LogP contribution is -2.50. The summed E-state index contributed by atoms with van der Waals surface area (Å²) in [6.45, 7) is 0.0327. The van der Waals surface area contributed by atoms with E-state index in [2.05, 4.69) is 10.4 Å². The quantitative estimate of drug-likeness (QED) is 0.562. The fourth-order valence-corrected chi connectivity index (χ4v) is 3.22. The van der Waals surface area contributed by atoms with Gasteiger partial charge < -0.3 is 14.8 Å². The number of nitrogens with one attached hydrogen (secondary N) is 1. The summed E-state index contributed by atoms with van der Waals surface area (Å²) < 4.78 is 53.1. The number of carbonyl (C=O) groups is 1. The highest BCUT2D eigenvalue weighted by atomic mass is 19.1. The van der Waals surface area contributed by atoms with Crippen molar-refractivity contribution in [1.82, 2.24) is 9.78 Å². The average Bonchev–Trinajstić information content (AvgIpc) is 3.18. The SMILES string of the molecule is N#Cc1c(F)cc(Cn2ccc(NC(=O)Cc3ccc(OCC4(F)COC4)cc3)n2)cc1F. The molecule has 1 aliphatic heterocycles. The highest BCUT2D eigenvalue weighted by Gasteiger charge is 2.39. The molecule has 1 saturated heterocycles. The largest absolute Gasteiger partial charge is 0.490 e. The zero-order valence-electron chi connectivity index (χ0n) is 17.4. The van der Waals surface area contributed by atoms with Crippen LogP contribution in [0.4, 0.5) is 19.0 Å². The van der Waals surface area contributed by atoms with Gasteiger partial charge in [-0.1, -0.05) is 12.1 Å². The summed E-state index contributed by atoms with van der Waals surface area (Å²) in [6.07, 6.45) is 1.64. The van der Waals surface area contributed by atoms with E-state index in [1.165, 1.54) is 10.8 Å². The number of aromatic nitrogens is 2. The molecule has 33 heavy (non-hydrogen) atoms. The van der Waals surface area contributed by atoms with E-state index in [1.807, 2.05) is 0 Å². The molecule has 0 spiro atoms. The molecular formula is C23H19F3N4O3. The molecule has 2 heterocycles. The van der Waals surface area contributed by atoms with Crippen LogP contribution in [0.5, 0.6) is 5.75 Å². The summed E-state index contributed by atoms with van der Waals surface area (Å²) in [5.74, 6) is -1.40. The van der Waals surface area contributed by atoms with Gasteiger partial charge in [0.05, 0.1) is 26.2 Å². The first kappa shape index (κ1) is 22.4. The molecule has 3 aromatic rings. The topological polar surface area (TPSA) is 89.2 Å². The van der Waals surface area contributed by atoms with Gasteiger partial charge in [0.1, 0.15) is 35.6 Å². The van der Waals surface area contributed by atoms with Crippen LogP contribution in [0.2, 0.25) is 0 Å². The van der Waals surface area contributed by atoms with Gasteiger partial charge in [-0.2, -0.15) is 10.4 Å². The van der Waals surface area contributed by atoms with Crippen LogP contribution >= 0.6 is 0 Å². The molecule has 0 atom stereocenters. The second kappa shape index (κ2) is 9.34. The molecule has 7 nitrogen and oxygen atoms in total. The number of anilines is 1. The third-order valence-corrected chi connectivity index (χ3v) is 4.97. The summed E-state index contributed by atoms with van der Waals surface area (Å²) in [5, 5.41) is 15.6. The molecule has 0 radical (unpaired) electrons. The highest BCUT2D eigenvalue weighted by Crippen LogP contribution is 2.24. The number of benzene rings is 2. The standard InChI is InChI=1S/C23H19F3N4O3/c24-19-7-16(8-20(25)18(19)10-27)11-30-6-5-21(29-30)28-22(31)9-15-1-3-17(4-2-15)33-14-23(26)12-32-13-23/h1-8H,9,11-14H2,(H,28,29,31). The van der Waals surface area contributed by atoms with Gasteiger partial charge in [0.2, 0.25) is 5.91 Å². The van der Waals surface area contributed by atoms with Crippen molar-refractivity contribution >= 4 is 11.7 Å². The molecular weight excluding hydrogens is 437 g/mol. The Labute approximate surface area is 187 Å². The van der Waals surface area contributed by atoms with Crippen LogP contribution in [0.3, 0.4) is 0 Å². The van der Waals surface area contributed by atoms with Crippen LogP contribution in [-0.4, -0.2) is 41.2 Å². The van der Waals surface area contributed by atoms with E-state index in [0.717, 1.165) is 17.7 Å². The Balaban J connectivity index is 1.29. The van der Waals surface area contributed by atoms with Crippen LogP contribution in [0.1, 0.15) is 16.7 Å². The maximum absolute atomic E-state index is 13.9. The van der Waals surface area contributed by atoms with E-state index in [0.29, 0.717) is 5.75 Å². The molecule has 10 heteroatoms. The number of nitrogens with zero attached hydrogens (tertiary/aromatic N) is 3. The van der Waals surface area contributed by atoms with Crippen molar-refractivity contribution in [2.45, 2.75) is 18.6 Å². The second-order valence-electron chi connectivity index (χ2n) is 7.75. The Kier molecular flexibility index (Phi) is 6.33. The van der Waals surface area contributed by atoms with Gasteiger partial charge in [-0.05, 0) is 35.4 Å². The fraction of sp³-hybridized carbons (Fsp3) is 0.261. The van der Waals surface area contributed by atoms with Crippen LogP contribution in [0.15, 0.2) is 48.7 Å². The van der Waals surface area contributed by atoms with Crippen LogP contribution in [-0.2, 0) is 22.5 Å². The predicted octanol–water partition coefficient (Wildman–Crippen LogP) is 3.38. The number of ether oxygens (including phenoxy) is 2. The van der Waals surface area contributed by atoms with Gasteiger partial charge in [-0.3, -0.25) is 9.48 Å². The summed E-state index contributed by atoms with van der Waals surface area (Å²) >= 11 is 0. The predicted molar refractivity (Wildman–Crippen MR) is 111 cm³/mol. The average molecular weight is 456 g/mol. The first-order valence-corrected chi connectivity index (χ1v) is 10.0. The number of alkyl halides is 1. The minimum absolute atomic E-state index is 0.0300. The molecule has 1 aromatic heterocycles. The molecule has 1 amide bonds. The van der Waals surface area contributed by atoms with Crippen molar-refractivity contribution in [3.8, 4) is 11.8 Å². The monoisotopic (exact) mass is 456 g/mol. The molecule has 0 saturated carbocycles. The van der Waals surface area contributed by atoms with Crippen molar-refractivity contribution in [2.75, 3.05) is 25.1 Å².